The summed E-state index contributed by atoms with van der Waals surface area (Å²) >= 11 is 0. The van der Waals surface area contributed by atoms with Gasteiger partial charge in [0.15, 0.2) is 18.5 Å². The monoisotopic (exact) mass is 507 g/mol. The van der Waals surface area contributed by atoms with Crippen molar-refractivity contribution in [2.24, 2.45) is 0 Å². The average molecular weight is 507 g/mol. The molecule has 2 heterocycles. The van der Waals surface area contributed by atoms with E-state index < -0.39 is 48.8 Å². The fourth-order valence-corrected chi connectivity index (χ4v) is 3.72. The molecule has 4 unspecified atom stereocenters. The van der Waals surface area contributed by atoms with E-state index in [9.17, 15) is 19.2 Å². The number of aldehydes is 1. The quantitative estimate of drug-likeness (QED) is 0.276. The number of carbonyl (C=O) groups is 3. The van der Waals surface area contributed by atoms with Gasteiger partial charge < -0.3 is 19.9 Å². The number of carbonyl (C=O) groups excluding carboxylic acids is 3. The molecule has 1 aliphatic heterocycles. The number of esters is 2. The van der Waals surface area contributed by atoms with Crippen molar-refractivity contribution in [1.82, 2.24) is 9.55 Å². The van der Waals surface area contributed by atoms with E-state index in [1.165, 1.54) is 24.4 Å². The van der Waals surface area contributed by atoms with Gasteiger partial charge in [0.05, 0.1) is 11.1 Å². The summed E-state index contributed by atoms with van der Waals surface area (Å²) in [6.07, 6.45) is -2.32. The lowest BCUT2D eigenvalue weighted by Gasteiger charge is -2.19. The molecule has 0 amide bonds. The SMILES string of the molecule is Nc1nc(=O)n(C2OC(COC(=O)c3ccccc3)C(OC(=O)c3ccccc3)C2F)cc1/C=C/C=O. The number of rotatable bonds is 8. The second-order valence-corrected chi connectivity index (χ2v) is 7.98. The van der Waals surface area contributed by atoms with Crippen molar-refractivity contribution >= 4 is 30.1 Å². The highest BCUT2D eigenvalue weighted by atomic mass is 19.1. The number of anilines is 1. The third kappa shape index (κ3) is 5.78. The molecule has 0 radical (unpaired) electrons. The number of nitrogens with two attached hydrogens (primary N) is 1. The smallest absolute Gasteiger partial charge is 0.351 e. The summed E-state index contributed by atoms with van der Waals surface area (Å²) in [6, 6.07) is 16.0. The standard InChI is InChI=1S/C26H22FN3O7/c27-20-21(37-25(33)17-10-5-2-6-11-17)19(15-35-24(32)16-8-3-1-4-9-16)36-23(20)30-14-18(12-7-13-31)22(28)29-26(30)34/h1-14,19-21,23H,15H2,(H2,28,29,34)/b12-7+. The molecule has 0 bridgehead atoms. The number of hydrogen-bond donors (Lipinski definition) is 1. The van der Waals surface area contributed by atoms with Crippen LogP contribution in [0.2, 0.25) is 0 Å². The van der Waals surface area contributed by atoms with Crippen LogP contribution in [0.5, 0.6) is 0 Å². The van der Waals surface area contributed by atoms with Gasteiger partial charge in [-0.3, -0.25) is 9.36 Å². The second-order valence-electron chi connectivity index (χ2n) is 7.98. The lowest BCUT2D eigenvalue weighted by molar-refractivity contribution is -0.104. The minimum absolute atomic E-state index is 0.166. The number of halogens is 1. The topological polar surface area (TPSA) is 140 Å². The van der Waals surface area contributed by atoms with E-state index >= 15 is 4.39 Å². The van der Waals surface area contributed by atoms with Crippen LogP contribution in [0.1, 0.15) is 32.5 Å². The van der Waals surface area contributed by atoms with Gasteiger partial charge in [-0.1, -0.05) is 36.4 Å². The Morgan fingerprint density at radius 1 is 1.05 bits per heavy atom. The molecule has 10 nitrogen and oxygen atoms in total. The van der Waals surface area contributed by atoms with Crippen LogP contribution in [-0.2, 0) is 19.0 Å². The summed E-state index contributed by atoms with van der Waals surface area (Å²) in [4.78, 5) is 52.0. The lowest BCUT2D eigenvalue weighted by Crippen LogP contribution is -2.38. The molecule has 190 valence electrons. The number of aromatic nitrogens is 2. The summed E-state index contributed by atoms with van der Waals surface area (Å²) in [5.74, 6) is -1.69. The first-order valence-corrected chi connectivity index (χ1v) is 11.2. The third-order valence-corrected chi connectivity index (χ3v) is 5.55. The van der Waals surface area contributed by atoms with Crippen LogP contribution in [-0.4, -0.2) is 52.8 Å². The molecule has 4 rings (SSSR count). The van der Waals surface area contributed by atoms with Crippen LogP contribution in [0.4, 0.5) is 10.2 Å². The number of nitrogens with zero attached hydrogens (tertiary/aromatic N) is 2. The highest BCUT2D eigenvalue weighted by Crippen LogP contribution is 2.34. The summed E-state index contributed by atoms with van der Waals surface area (Å²) in [5, 5.41) is 0. The van der Waals surface area contributed by atoms with Crippen LogP contribution in [0.3, 0.4) is 0 Å². The summed E-state index contributed by atoms with van der Waals surface area (Å²) in [6.45, 7) is -0.466. The Balaban J connectivity index is 1.61. The Morgan fingerprint density at radius 2 is 1.68 bits per heavy atom. The fourth-order valence-electron chi connectivity index (χ4n) is 3.72. The van der Waals surface area contributed by atoms with E-state index in [2.05, 4.69) is 4.98 Å². The normalized spacial score (nSPS) is 21.0. The molecule has 1 aliphatic rings. The molecule has 0 saturated carbocycles. The first-order chi connectivity index (χ1) is 17.9. The van der Waals surface area contributed by atoms with E-state index in [-0.39, 0.29) is 22.5 Å². The Kier molecular flexibility index (Phi) is 7.84. The molecule has 2 aromatic carbocycles. The summed E-state index contributed by atoms with van der Waals surface area (Å²) < 4.78 is 33.0. The molecule has 1 aromatic heterocycles. The molecular formula is C26H22FN3O7. The van der Waals surface area contributed by atoms with Gasteiger partial charge in [-0.15, -0.1) is 0 Å². The Morgan fingerprint density at radius 3 is 2.30 bits per heavy atom. The van der Waals surface area contributed by atoms with Crippen LogP contribution >= 0.6 is 0 Å². The second kappa shape index (κ2) is 11.4. The number of alkyl halides is 1. The van der Waals surface area contributed by atoms with Crippen LogP contribution < -0.4 is 11.4 Å². The number of ether oxygens (including phenoxy) is 3. The third-order valence-electron chi connectivity index (χ3n) is 5.55. The van der Waals surface area contributed by atoms with Gasteiger partial charge in [-0.25, -0.2) is 18.8 Å². The predicted octanol–water partition coefficient (Wildman–Crippen LogP) is 2.36. The Hall–Kier alpha value is -4.64. The van der Waals surface area contributed by atoms with E-state index in [1.807, 2.05) is 0 Å². The zero-order valence-electron chi connectivity index (χ0n) is 19.3. The van der Waals surface area contributed by atoms with E-state index in [1.54, 1.807) is 48.5 Å². The molecule has 0 spiro atoms. The first kappa shape index (κ1) is 25.5. The molecule has 0 aliphatic carbocycles. The first-order valence-electron chi connectivity index (χ1n) is 11.2. The van der Waals surface area contributed by atoms with Crippen molar-refractivity contribution in [3.05, 3.63) is 100 Å². The van der Waals surface area contributed by atoms with Gasteiger partial charge in [0, 0.05) is 11.8 Å². The highest BCUT2D eigenvalue weighted by Gasteiger charge is 2.49. The number of allylic oxidation sites excluding steroid dienone is 1. The molecule has 2 N–H and O–H groups in total. The molecule has 1 fully saturated rings. The van der Waals surface area contributed by atoms with Gasteiger partial charge in [0.1, 0.15) is 24.8 Å². The molecular weight excluding hydrogens is 485 g/mol. The van der Waals surface area contributed by atoms with Crippen LogP contribution in [0.25, 0.3) is 6.08 Å². The largest absolute Gasteiger partial charge is 0.459 e. The molecule has 1 saturated heterocycles. The zero-order chi connectivity index (χ0) is 26.4. The van der Waals surface area contributed by atoms with Gasteiger partial charge in [0.25, 0.3) is 0 Å². The van der Waals surface area contributed by atoms with Crippen molar-refractivity contribution in [1.29, 1.82) is 0 Å². The lowest BCUT2D eigenvalue weighted by atomic mass is 10.1. The Bertz CT molecular complexity index is 1360. The zero-order valence-corrected chi connectivity index (χ0v) is 19.3. The maximum Gasteiger partial charge on any atom is 0.351 e. The van der Waals surface area contributed by atoms with E-state index in [4.69, 9.17) is 19.9 Å². The van der Waals surface area contributed by atoms with Gasteiger partial charge in [0.2, 0.25) is 0 Å². The number of benzene rings is 2. The highest BCUT2D eigenvalue weighted by molar-refractivity contribution is 5.90. The maximum absolute atomic E-state index is 15.7. The molecule has 4 atom stereocenters. The van der Waals surface area contributed by atoms with Gasteiger partial charge in [-0.05, 0) is 36.4 Å². The summed E-state index contributed by atoms with van der Waals surface area (Å²) in [7, 11) is 0. The predicted molar refractivity (Wildman–Crippen MR) is 129 cm³/mol. The molecule has 37 heavy (non-hydrogen) atoms. The number of nitrogen functional groups attached to an aromatic ring is 1. The van der Waals surface area contributed by atoms with Gasteiger partial charge >= 0.3 is 17.6 Å². The van der Waals surface area contributed by atoms with E-state index in [0.717, 1.165) is 10.6 Å². The minimum atomic E-state index is -2.04. The number of hydrogen-bond acceptors (Lipinski definition) is 9. The van der Waals surface area contributed by atoms with Crippen molar-refractivity contribution < 1.29 is 33.0 Å². The van der Waals surface area contributed by atoms with Crippen molar-refractivity contribution in [2.75, 3.05) is 12.3 Å². The summed E-state index contributed by atoms with van der Waals surface area (Å²) in [5.41, 5.74) is 5.40. The maximum atomic E-state index is 15.7. The van der Waals surface area contributed by atoms with E-state index in [0.29, 0.717) is 6.29 Å². The molecule has 11 heteroatoms. The van der Waals surface area contributed by atoms with Crippen LogP contribution in [0.15, 0.2) is 77.7 Å². The minimum Gasteiger partial charge on any atom is -0.459 e. The average Bonchev–Trinajstić information content (AvgIpc) is 3.22. The Labute approximate surface area is 210 Å². The molecule has 3 aromatic rings. The van der Waals surface area contributed by atoms with Crippen LogP contribution in [0, 0.1) is 0 Å². The van der Waals surface area contributed by atoms with Crippen molar-refractivity contribution in [3.63, 3.8) is 0 Å². The fraction of sp³-hybridized carbons (Fsp3) is 0.192. The van der Waals surface area contributed by atoms with Gasteiger partial charge in [-0.2, -0.15) is 4.98 Å². The van der Waals surface area contributed by atoms with Crippen molar-refractivity contribution in [3.8, 4) is 0 Å². The van der Waals surface area contributed by atoms with Crippen molar-refractivity contribution in [2.45, 2.75) is 24.6 Å².